The average Bonchev–Trinajstić information content (AvgIpc) is 2.86. The number of likely N-dealkylation sites (N-methyl/N-ethyl adjacent to an activating group) is 1. The van der Waals surface area contributed by atoms with Crippen LogP contribution >= 0.6 is 0 Å². The monoisotopic (exact) mass is 278 g/mol. The average molecular weight is 278 g/mol. The zero-order valence-corrected chi connectivity index (χ0v) is 13.0. The minimum atomic E-state index is -0.0866. The fourth-order valence-corrected chi connectivity index (χ4v) is 2.91. The molecule has 0 radical (unpaired) electrons. The van der Waals surface area contributed by atoms with Gasteiger partial charge in [-0.05, 0) is 26.9 Å². The van der Waals surface area contributed by atoms with Crippen molar-refractivity contribution in [1.29, 1.82) is 0 Å². The molecule has 1 saturated carbocycles. The molecule has 0 saturated heterocycles. The molecule has 5 nitrogen and oxygen atoms in total. The van der Waals surface area contributed by atoms with Crippen molar-refractivity contribution in [2.45, 2.75) is 51.0 Å². The first kappa shape index (κ1) is 15.0. The number of nitrogens with zero attached hydrogens (tertiary/aromatic N) is 2. The smallest absolute Gasteiger partial charge is 0.252 e. The highest BCUT2D eigenvalue weighted by atomic mass is 16.1. The zero-order valence-electron chi connectivity index (χ0n) is 13.0. The summed E-state index contributed by atoms with van der Waals surface area (Å²) in [5.41, 5.74) is 0.110. The second-order valence-electron chi connectivity index (χ2n) is 6.35. The molecule has 0 amide bonds. The second kappa shape index (κ2) is 5.95. The first-order chi connectivity index (χ1) is 9.43. The second-order valence-corrected chi connectivity index (χ2v) is 6.35. The Hall–Kier alpha value is -1.36. The Morgan fingerprint density at radius 1 is 1.40 bits per heavy atom. The lowest BCUT2D eigenvalue weighted by molar-refractivity contribution is 0.172. The van der Waals surface area contributed by atoms with E-state index in [4.69, 9.17) is 0 Å². The van der Waals surface area contributed by atoms with Crippen molar-refractivity contribution in [2.24, 2.45) is 0 Å². The predicted octanol–water partition coefficient (Wildman–Crippen LogP) is 2.18. The molecular weight excluding hydrogens is 252 g/mol. The van der Waals surface area contributed by atoms with Crippen LogP contribution in [-0.2, 0) is 0 Å². The molecule has 1 aliphatic rings. The molecule has 0 bridgehead atoms. The van der Waals surface area contributed by atoms with Crippen LogP contribution in [0.5, 0.6) is 0 Å². The molecule has 0 unspecified atom stereocenters. The summed E-state index contributed by atoms with van der Waals surface area (Å²) in [6.45, 7) is 4.90. The minimum Gasteiger partial charge on any atom is -0.368 e. The molecule has 0 atom stereocenters. The number of aromatic amines is 1. The van der Waals surface area contributed by atoms with Gasteiger partial charge in [-0.25, -0.2) is 4.98 Å². The first-order valence-corrected chi connectivity index (χ1v) is 7.45. The molecule has 0 spiro atoms. The van der Waals surface area contributed by atoms with Crippen LogP contribution in [-0.4, -0.2) is 41.0 Å². The molecule has 1 aromatic rings. The van der Waals surface area contributed by atoms with E-state index in [0.717, 1.165) is 12.4 Å². The fourth-order valence-electron chi connectivity index (χ4n) is 2.91. The van der Waals surface area contributed by atoms with Gasteiger partial charge in [-0.2, -0.15) is 0 Å². The molecule has 0 aromatic carbocycles. The van der Waals surface area contributed by atoms with Crippen LogP contribution in [0.2, 0.25) is 0 Å². The molecule has 0 aliphatic heterocycles. The highest BCUT2D eigenvalue weighted by molar-refractivity contribution is 5.34. The summed E-state index contributed by atoms with van der Waals surface area (Å²) in [6.07, 6.45) is 4.96. The SMILES string of the molecule is CC(C)c1nc(NCC2(N(C)C)CCCC2)cc(=O)[nH]1. The third-order valence-corrected chi connectivity index (χ3v) is 4.39. The summed E-state index contributed by atoms with van der Waals surface area (Å²) < 4.78 is 0. The molecule has 2 N–H and O–H groups in total. The first-order valence-electron chi connectivity index (χ1n) is 7.45. The lowest BCUT2D eigenvalue weighted by atomic mass is 9.96. The molecule has 2 rings (SSSR count). The fraction of sp³-hybridized carbons (Fsp3) is 0.733. The topological polar surface area (TPSA) is 61.0 Å². The van der Waals surface area contributed by atoms with Crippen molar-refractivity contribution in [3.8, 4) is 0 Å². The number of anilines is 1. The predicted molar refractivity (Wildman–Crippen MR) is 82.3 cm³/mol. The van der Waals surface area contributed by atoms with Gasteiger partial charge in [0.15, 0.2) is 0 Å². The number of hydrogen-bond acceptors (Lipinski definition) is 4. The van der Waals surface area contributed by atoms with Gasteiger partial charge in [0.2, 0.25) is 0 Å². The Balaban J connectivity index is 2.12. The molecule has 112 valence electrons. The Morgan fingerprint density at radius 3 is 2.60 bits per heavy atom. The van der Waals surface area contributed by atoms with Crippen LogP contribution in [0, 0.1) is 0 Å². The molecule has 1 aromatic heterocycles. The van der Waals surface area contributed by atoms with Crippen molar-refractivity contribution >= 4 is 5.82 Å². The zero-order chi connectivity index (χ0) is 14.8. The normalized spacial score (nSPS) is 17.9. The van der Waals surface area contributed by atoms with Gasteiger partial charge >= 0.3 is 0 Å². The van der Waals surface area contributed by atoms with Gasteiger partial charge in [-0.15, -0.1) is 0 Å². The van der Waals surface area contributed by atoms with E-state index in [2.05, 4.69) is 34.3 Å². The van der Waals surface area contributed by atoms with Crippen molar-refractivity contribution < 1.29 is 0 Å². The van der Waals surface area contributed by atoms with E-state index >= 15 is 0 Å². The maximum atomic E-state index is 11.7. The number of H-pyrrole nitrogens is 1. The standard InChI is InChI=1S/C15H26N4O/c1-11(2)14-17-12(9-13(20)18-14)16-10-15(19(3)4)7-5-6-8-15/h9,11H,5-8,10H2,1-4H3,(H2,16,17,18,20). The molecule has 1 heterocycles. The van der Waals surface area contributed by atoms with Crippen LogP contribution in [0.15, 0.2) is 10.9 Å². The van der Waals surface area contributed by atoms with Crippen LogP contribution in [0.1, 0.15) is 51.3 Å². The van der Waals surface area contributed by atoms with Gasteiger partial charge in [0.05, 0.1) is 0 Å². The Morgan fingerprint density at radius 2 is 2.05 bits per heavy atom. The van der Waals surface area contributed by atoms with Crippen LogP contribution in [0.3, 0.4) is 0 Å². The third kappa shape index (κ3) is 3.20. The van der Waals surface area contributed by atoms with Crippen molar-refractivity contribution in [3.63, 3.8) is 0 Å². The van der Waals surface area contributed by atoms with E-state index in [1.807, 2.05) is 13.8 Å². The summed E-state index contributed by atoms with van der Waals surface area (Å²) in [7, 11) is 4.27. The van der Waals surface area contributed by atoms with Crippen LogP contribution in [0.25, 0.3) is 0 Å². The highest BCUT2D eigenvalue weighted by Gasteiger charge is 2.35. The summed E-state index contributed by atoms with van der Waals surface area (Å²) in [6, 6.07) is 1.55. The van der Waals surface area contributed by atoms with Gasteiger partial charge in [-0.1, -0.05) is 26.7 Å². The van der Waals surface area contributed by atoms with E-state index in [0.29, 0.717) is 5.82 Å². The molecule has 20 heavy (non-hydrogen) atoms. The molecule has 1 aliphatic carbocycles. The molecular formula is C15H26N4O. The van der Waals surface area contributed by atoms with E-state index < -0.39 is 0 Å². The number of hydrogen-bond donors (Lipinski definition) is 2. The third-order valence-electron chi connectivity index (χ3n) is 4.39. The van der Waals surface area contributed by atoms with Gasteiger partial charge < -0.3 is 15.2 Å². The molecule has 1 fully saturated rings. The van der Waals surface area contributed by atoms with Crippen molar-refractivity contribution in [3.05, 3.63) is 22.2 Å². The summed E-state index contributed by atoms with van der Waals surface area (Å²) in [5, 5.41) is 3.37. The number of rotatable bonds is 5. The van der Waals surface area contributed by atoms with E-state index in [1.54, 1.807) is 6.07 Å². The summed E-state index contributed by atoms with van der Waals surface area (Å²) in [4.78, 5) is 21.3. The van der Waals surface area contributed by atoms with E-state index in [1.165, 1.54) is 25.7 Å². The largest absolute Gasteiger partial charge is 0.368 e. The maximum Gasteiger partial charge on any atom is 0.252 e. The number of nitrogens with one attached hydrogen (secondary N) is 2. The van der Waals surface area contributed by atoms with Crippen LogP contribution in [0.4, 0.5) is 5.82 Å². The summed E-state index contributed by atoms with van der Waals surface area (Å²) >= 11 is 0. The Kier molecular flexibility index (Phi) is 4.48. The quantitative estimate of drug-likeness (QED) is 0.866. The van der Waals surface area contributed by atoms with Gasteiger partial charge in [0.1, 0.15) is 11.6 Å². The van der Waals surface area contributed by atoms with Gasteiger partial charge in [0, 0.05) is 24.1 Å². The van der Waals surface area contributed by atoms with Crippen molar-refractivity contribution in [2.75, 3.05) is 26.0 Å². The Labute approximate surface area is 120 Å². The lowest BCUT2D eigenvalue weighted by Crippen LogP contribution is -2.47. The van der Waals surface area contributed by atoms with Gasteiger partial charge in [0.25, 0.3) is 5.56 Å². The van der Waals surface area contributed by atoms with Crippen LogP contribution < -0.4 is 10.9 Å². The van der Waals surface area contributed by atoms with Crippen molar-refractivity contribution in [1.82, 2.24) is 14.9 Å². The minimum absolute atomic E-state index is 0.0866. The lowest BCUT2D eigenvalue weighted by Gasteiger charge is -2.36. The van der Waals surface area contributed by atoms with Gasteiger partial charge in [-0.3, -0.25) is 4.79 Å². The molecule has 5 heteroatoms. The maximum absolute atomic E-state index is 11.7. The van der Waals surface area contributed by atoms with E-state index in [-0.39, 0.29) is 17.0 Å². The number of aromatic nitrogens is 2. The summed E-state index contributed by atoms with van der Waals surface area (Å²) in [5.74, 6) is 1.65. The highest BCUT2D eigenvalue weighted by Crippen LogP contribution is 2.33. The Bertz CT molecular complexity index is 501. The van der Waals surface area contributed by atoms with E-state index in [9.17, 15) is 4.79 Å².